The van der Waals surface area contributed by atoms with Crippen LogP contribution in [0.3, 0.4) is 0 Å². The Kier molecular flexibility index (Phi) is 4.33. The Morgan fingerprint density at radius 2 is 1.95 bits per heavy atom. The molecule has 3 rings (SSSR count). The molecule has 0 amide bonds. The zero-order valence-corrected chi connectivity index (χ0v) is 13.5. The Labute approximate surface area is 133 Å². The van der Waals surface area contributed by atoms with Crippen molar-refractivity contribution in [2.75, 3.05) is 36.0 Å². The minimum absolute atomic E-state index is 0.0754. The van der Waals surface area contributed by atoms with Gasteiger partial charge in [-0.25, -0.2) is 4.98 Å². The van der Waals surface area contributed by atoms with Crippen LogP contribution < -0.4 is 9.80 Å². The number of hydrogen-bond acceptors (Lipinski definition) is 5. The molecule has 1 aliphatic rings. The number of aliphatic hydroxyl groups excluding tert-OH is 1. The summed E-state index contributed by atoms with van der Waals surface area (Å²) in [5.74, 6) is 0. The summed E-state index contributed by atoms with van der Waals surface area (Å²) in [4.78, 5) is 10.2. The molecule has 1 aliphatic heterocycles. The molecule has 2 heterocycles. The van der Waals surface area contributed by atoms with Crippen molar-refractivity contribution in [1.29, 1.82) is 0 Å². The lowest BCUT2D eigenvalue weighted by Gasteiger charge is -2.36. The van der Waals surface area contributed by atoms with Crippen LogP contribution in [0.5, 0.6) is 0 Å². The summed E-state index contributed by atoms with van der Waals surface area (Å²) in [7, 11) is 0. The second kappa shape index (κ2) is 6.22. The van der Waals surface area contributed by atoms with Crippen molar-refractivity contribution >= 4 is 33.8 Å². The van der Waals surface area contributed by atoms with Gasteiger partial charge in [-0.1, -0.05) is 29.0 Å². The number of piperazine rings is 1. The van der Waals surface area contributed by atoms with Crippen molar-refractivity contribution in [1.82, 2.24) is 4.98 Å². The summed E-state index contributed by atoms with van der Waals surface area (Å²) >= 11 is 7.65. The number of benzene rings is 1. The molecule has 21 heavy (non-hydrogen) atoms. The molecule has 0 unspecified atom stereocenters. The summed E-state index contributed by atoms with van der Waals surface area (Å²) in [6.45, 7) is 5.80. The van der Waals surface area contributed by atoms with E-state index in [1.54, 1.807) is 11.3 Å². The van der Waals surface area contributed by atoms with Gasteiger partial charge in [0.1, 0.15) is 0 Å². The minimum Gasteiger partial charge on any atom is -0.391 e. The van der Waals surface area contributed by atoms with Crippen molar-refractivity contribution in [2.45, 2.75) is 13.5 Å². The molecule has 1 fully saturated rings. The van der Waals surface area contributed by atoms with Gasteiger partial charge in [-0.15, -0.1) is 0 Å². The number of aliphatic hydroxyl groups is 1. The van der Waals surface area contributed by atoms with Crippen LogP contribution >= 0.6 is 22.9 Å². The highest BCUT2D eigenvalue weighted by atomic mass is 35.5. The number of aryl methyl sites for hydroxylation is 1. The van der Waals surface area contributed by atoms with Gasteiger partial charge in [-0.05, 0) is 25.1 Å². The summed E-state index contributed by atoms with van der Waals surface area (Å²) < 4.78 is 0. The molecule has 6 heteroatoms. The molecule has 0 atom stereocenters. The molecule has 112 valence electrons. The number of halogens is 1. The molecule has 4 nitrogen and oxygen atoms in total. The first-order valence-electron chi connectivity index (χ1n) is 7.00. The van der Waals surface area contributed by atoms with Gasteiger partial charge < -0.3 is 14.9 Å². The van der Waals surface area contributed by atoms with Crippen LogP contribution in [-0.2, 0) is 6.61 Å². The van der Waals surface area contributed by atoms with Crippen molar-refractivity contribution in [3.05, 3.63) is 39.9 Å². The molecular weight excluding hydrogens is 306 g/mol. The summed E-state index contributed by atoms with van der Waals surface area (Å²) in [5, 5.41) is 11.1. The number of aromatic nitrogens is 1. The smallest absolute Gasteiger partial charge is 0.185 e. The molecule has 1 saturated heterocycles. The first-order valence-corrected chi connectivity index (χ1v) is 8.19. The van der Waals surface area contributed by atoms with Crippen LogP contribution in [0.2, 0.25) is 5.02 Å². The molecule has 2 aromatic rings. The highest BCUT2D eigenvalue weighted by Crippen LogP contribution is 2.28. The third-order valence-electron chi connectivity index (χ3n) is 3.75. The highest BCUT2D eigenvalue weighted by molar-refractivity contribution is 7.15. The van der Waals surface area contributed by atoms with Crippen LogP contribution in [0, 0.1) is 6.92 Å². The number of hydrogen-bond donors (Lipinski definition) is 1. The standard InChI is InChI=1S/C15H18ClN3OS/c1-11-14(10-20)21-15(17-11)19-7-5-18(6-8-19)13-4-2-3-12(16)9-13/h2-4,9,20H,5-8,10H2,1H3. The fraction of sp³-hybridized carbons (Fsp3) is 0.400. The van der Waals surface area contributed by atoms with Crippen LogP contribution in [-0.4, -0.2) is 36.3 Å². The van der Waals surface area contributed by atoms with Crippen molar-refractivity contribution in [3.8, 4) is 0 Å². The molecule has 0 radical (unpaired) electrons. The number of rotatable bonds is 3. The summed E-state index contributed by atoms with van der Waals surface area (Å²) in [6, 6.07) is 7.99. The largest absolute Gasteiger partial charge is 0.391 e. The zero-order chi connectivity index (χ0) is 14.8. The van der Waals surface area contributed by atoms with E-state index >= 15 is 0 Å². The van der Waals surface area contributed by atoms with E-state index in [0.29, 0.717) is 0 Å². The predicted molar refractivity (Wildman–Crippen MR) is 88.7 cm³/mol. The van der Waals surface area contributed by atoms with Crippen LogP contribution in [0.4, 0.5) is 10.8 Å². The van der Waals surface area contributed by atoms with Gasteiger partial charge in [-0.2, -0.15) is 0 Å². The predicted octanol–water partition coefficient (Wildman–Crippen LogP) is 2.92. The lowest BCUT2D eigenvalue weighted by molar-refractivity contribution is 0.284. The number of anilines is 2. The second-order valence-electron chi connectivity index (χ2n) is 5.12. The van der Waals surface area contributed by atoms with E-state index in [-0.39, 0.29) is 6.61 Å². The van der Waals surface area contributed by atoms with Crippen LogP contribution in [0.25, 0.3) is 0 Å². The van der Waals surface area contributed by atoms with E-state index in [9.17, 15) is 5.11 Å². The van der Waals surface area contributed by atoms with Gasteiger partial charge >= 0.3 is 0 Å². The van der Waals surface area contributed by atoms with E-state index in [0.717, 1.165) is 46.9 Å². The molecule has 1 N–H and O–H groups in total. The Morgan fingerprint density at radius 1 is 1.24 bits per heavy atom. The third kappa shape index (κ3) is 3.15. The van der Waals surface area contributed by atoms with Gasteiger partial charge in [0.15, 0.2) is 5.13 Å². The number of nitrogens with zero attached hydrogens (tertiary/aromatic N) is 3. The molecule has 0 bridgehead atoms. The summed E-state index contributed by atoms with van der Waals surface area (Å²) in [5.41, 5.74) is 2.11. The highest BCUT2D eigenvalue weighted by Gasteiger charge is 2.20. The lowest BCUT2D eigenvalue weighted by atomic mass is 10.2. The van der Waals surface area contributed by atoms with Gasteiger partial charge in [0.25, 0.3) is 0 Å². The normalized spacial score (nSPS) is 15.6. The first-order chi connectivity index (χ1) is 10.2. The molecule has 1 aromatic heterocycles. The topological polar surface area (TPSA) is 39.6 Å². The fourth-order valence-corrected chi connectivity index (χ4v) is 3.68. The maximum atomic E-state index is 9.28. The van der Waals surface area contributed by atoms with Crippen molar-refractivity contribution in [3.63, 3.8) is 0 Å². The monoisotopic (exact) mass is 323 g/mol. The van der Waals surface area contributed by atoms with Gasteiger partial charge in [-0.3, -0.25) is 0 Å². The Hall–Kier alpha value is -1.30. The lowest BCUT2D eigenvalue weighted by Crippen LogP contribution is -2.46. The molecule has 0 spiro atoms. The average molecular weight is 324 g/mol. The average Bonchev–Trinajstić information content (AvgIpc) is 2.88. The molecule has 0 saturated carbocycles. The quantitative estimate of drug-likeness (QED) is 0.942. The maximum absolute atomic E-state index is 9.28. The zero-order valence-electron chi connectivity index (χ0n) is 11.9. The third-order valence-corrected chi connectivity index (χ3v) is 5.19. The maximum Gasteiger partial charge on any atom is 0.185 e. The van der Waals surface area contributed by atoms with Gasteiger partial charge in [0, 0.05) is 36.9 Å². The van der Waals surface area contributed by atoms with Gasteiger partial charge in [0.05, 0.1) is 17.2 Å². The Morgan fingerprint density at radius 3 is 2.57 bits per heavy atom. The van der Waals surface area contributed by atoms with Gasteiger partial charge in [0.2, 0.25) is 0 Å². The van der Waals surface area contributed by atoms with Crippen LogP contribution in [0.1, 0.15) is 10.6 Å². The van der Waals surface area contributed by atoms with Crippen LogP contribution in [0.15, 0.2) is 24.3 Å². The fourth-order valence-electron chi connectivity index (χ4n) is 2.52. The SMILES string of the molecule is Cc1nc(N2CCN(c3cccc(Cl)c3)CC2)sc1CO. The Balaban J connectivity index is 1.67. The second-order valence-corrected chi connectivity index (χ2v) is 6.62. The summed E-state index contributed by atoms with van der Waals surface area (Å²) in [6.07, 6.45) is 0. The van der Waals surface area contributed by atoms with Crippen molar-refractivity contribution < 1.29 is 5.11 Å². The van der Waals surface area contributed by atoms with E-state index in [2.05, 4.69) is 20.9 Å². The van der Waals surface area contributed by atoms with E-state index in [1.165, 1.54) is 5.69 Å². The Bertz CT molecular complexity index is 623. The molecule has 1 aromatic carbocycles. The molecule has 0 aliphatic carbocycles. The van der Waals surface area contributed by atoms with E-state index in [4.69, 9.17) is 11.6 Å². The number of thiazole rings is 1. The van der Waals surface area contributed by atoms with E-state index in [1.807, 2.05) is 25.1 Å². The first kappa shape index (κ1) is 14.6. The molecular formula is C15H18ClN3OS. The van der Waals surface area contributed by atoms with Crippen molar-refractivity contribution in [2.24, 2.45) is 0 Å². The van der Waals surface area contributed by atoms with E-state index < -0.39 is 0 Å². The minimum atomic E-state index is 0.0754.